The van der Waals surface area contributed by atoms with Crippen molar-refractivity contribution in [2.75, 3.05) is 0 Å². The molecule has 1 atom stereocenters. The van der Waals surface area contributed by atoms with Crippen LogP contribution in [0.1, 0.15) is 43.9 Å². The predicted molar refractivity (Wildman–Crippen MR) is 64.9 cm³/mol. The SMILES string of the molecule is CC(C)Cc1ccc([C@H]([NH3+])CCC(=O)[O-])cc1. The van der Waals surface area contributed by atoms with Gasteiger partial charge < -0.3 is 15.6 Å². The molecule has 0 bridgehead atoms. The second-order valence-electron chi connectivity index (χ2n) is 4.95. The van der Waals surface area contributed by atoms with Gasteiger partial charge in [0.05, 0.1) is 0 Å². The number of hydrogen-bond acceptors (Lipinski definition) is 2. The Bertz CT molecular complexity index is 357. The molecule has 3 N–H and O–H groups in total. The van der Waals surface area contributed by atoms with E-state index in [1.54, 1.807) is 0 Å². The first-order valence-corrected chi connectivity index (χ1v) is 6.10. The number of carboxylic acids is 1. The fourth-order valence-electron chi connectivity index (χ4n) is 1.86. The molecular weight excluding hydrogens is 214 g/mol. The van der Waals surface area contributed by atoms with E-state index in [1.807, 2.05) is 12.1 Å². The minimum Gasteiger partial charge on any atom is -0.550 e. The summed E-state index contributed by atoms with van der Waals surface area (Å²) in [6.45, 7) is 4.38. The van der Waals surface area contributed by atoms with E-state index in [4.69, 9.17) is 0 Å². The molecular formula is C14H21NO2. The molecule has 1 aromatic carbocycles. The zero-order valence-corrected chi connectivity index (χ0v) is 10.6. The van der Waals surface area contributed by atoms with E-state index < -0.39 is 5.97 Å². The molecule has 0 heterocycles. The molecule has 3 heteroatoms. The third-order valence-electron chi connectivity index (χ3n) is 2.79. The lowest BCUT2D eigenvalue weighted by Gasteiger charge is -2.11. The van der Waals surface area contributed by atoms with Crippen molar-refractivity contribution in [1.82, 2.24) is 0 Å². The fraction of sp³-hybridized carbons (Fsp3) is 0.500. The number of carbonyl (C=O) groups is 1. The third kappa shape index (κ3) is 5.00. The van der Waals surface area contributed by atoms with Crippen LogP contribution in [-0.2, 0) is 11.2 Å². The Kier molecular flexibility index (Phi) is 5.16. The molecule has 0 radical (unpaired) electrons. The minimum atomic E-state index is -1.00. The molecule has 0 aliphatic carbocycles. The lowest BCUT2D eigenvalue weighted by Crippen LogP contribution is -2.53. The van der Waals surface area contributed by atoms with Crippen LogP contribution in [0.2, 0.25) is 0 Å². The molecule has 0 amide bonds. The number of carbonyl (C=O) groups excluding carboxylic acids is 1. The van der Waals surface area contributed by atoms with Gasteiger partial charge >= 0.3 is 0 Å². The van der Waals surface area contributed by atoms with Crippen LogP contribution in [0.5, 0.6) is 0 Å². The van der Waals surface area contributed by atoms with Gasteiger partial charge in [0.1, 0.15) is 6.04 Å². The Hall–Kier alpha value is -1.35. The van der Waals surface area contributed by atoms with Crippen LogP contribution in [-0.4, -0.2) is 5.97 Å². The summed E-state index contributed by atoms with van der Waals surface area (Å²) in [5.41, 5.74) is 6.39. The molecule has 1 rings (SSSR count). The van der Waals surface area contributed by atoms with Crippen LogP contribution in [0, 0.1) is 5.92 Å². The first kappa shape index (κ1) is 13.7. The van der Waals surface area contributed by atoms with Gasteiger partial charge in [0.25, 0.3) is 0 Å². The Balaban J connectivity index is 2.57. The fourth-order valence-corrected chi connectivity index (χ4v) is 1.86. The molecule has 0 fully saturated rings. The van der Waals surface area contributed by atoms with Gasteiger partial charge in [-0.15, -0.1) is 0 Å². The van der Waals surface area contributed by atoms with E-state index in [0.717, 1.165) is 12.0 Å². The number of aliphatic carboxylic acids is 1. The minimum absolute atomic E-state index is 0.0287. The largest absolute Gasteiger partial charge is 0.550 e. The van der Waals surface area contributed by atoms with Crippen LogP contribution in [0.25, 0.3) is 0 Å². The summed E-state index contributed by atoms with van der Waals surface area (Å²) in [5, 5.41) is 10.4. The highest BCUT2D eigenvalue weighted by Gasteiger charge is 2.09. The standard InChI is InChI=1S/C14H21NO2/c1-10(2)9-11-3-5-12(6-4-11)13(15)7-8-14(16)17/h3-6,10,13H,7-9,15H2,1-2H3,(H,16,17)/t13-/m1/s1. The molecule has 3 nitrogen and oxygen atoms in total. The van der Waals surface area contributed by atoms with E-state index in [-0.39, 0.29) is 12.5 Å². The number of quaternary nitrogens is 1. The number of hydrogen-bond donors (Lipinski definition) is 1. The molecule has 0 saturated carbocycles. The summed E-state index contributed by atoms with van der Waals surface area (Å²) in [6, 6.07) is 8.33. The summed E-state index contributed by atoms with van der Waals surface area (Å²) in [5.74, 6) is -0.357. The Morgan fingerprint density at radius 1 is 1.29 bits per heavy atom. The van der Waals surface area contributed by atoms with Crippen LogP contribution < -0.4 is 10.8 Å². The highest BCUT2D eigenvalue weighted by molar-refractivity contribution is 5.64. The smallest absolute Gasteiger partial charge is 0.110 e. The second-order valence-corrected chi connectivity index (χ2v) is 4.95. The quantitative estimate of drug-likeness (QED) is 0.788. The molecule has 0 saturated heterocycles. The molecule has 94 valence electrons. The topological polar surface area (TPSA) is 67.8 Å². The van der Waals surface area contributed by atoms with Crippen molar-refractivity contribution in [3.05, 3.63) is 35.4 Å². The van der Waals surface area contributed by atoms with Crippen molar-refractivity contribution in [2.45, 2.75) is 39.2 Å². The molecule has 0 aliphatic rings. The average Bonchev–Trinajstić information content (AvgIpc) is 2.26. The molecule has 0 aliphatic heterocycles. The maximum absolute atomic E-state index is 10.4. The van der Waals surface area contributed by atoms with E-state index in [2.05, 4.69) is 31.7 Å². The van der Waals surface area contributed by atoms with E-state index in [9.17, 15) is 9.90 Å². The number of benzene rings is 1. The van der Waals surface area contributed by atoms with Crippen molar-refractivity contribution < 1.29 is 15.6 Å². The first-order valence-electron chi connectivity index (χ1n) is 6.10. The van der Waals surface area contributed by atoms with Gasteiger partial charge in [0, 0.05) is 18.0 Å². The van der Waals surface area contributed by atoms with Gasteiger partial charge in [-0.05, 0) is 24.3 Å². The Morgan fingerprint density at radius 2 is 1.88 bits per heavy atom. The molecule has 0 spiro atoms. The Morgan fingerprint density at radius 3 is 2.35 bits per heavy atom. The van der Waals surface area contributed by atoms with Gasteiger partial charge in [0.15, 0.2) is 0 Å². The average molecular weight is 235 g/mol. The monoisotopic (exact) mass is 235 g/mol. The van der Waals surface area contributed by atoms with E-state index in [1.165, 1.54) is 5.56 Å². The van der Waals surface area contributed by atoms with Crippen molar-refractivity contribution in [1.29, 1.82) is 0 Å². The maximum Gasteiger partial charge on any atom is 0.110 e. The predicted octanol–water partition coefficient (Wildman–Crippen LogP) is 0.698. The van der Waals surface area contributed by atoms with Crippen LogP contribution in [0.3, 0.4) is 0 Å². The zero-order valence-electron chi connectivity index (χ0n) is 10.6. The summed E-state index contributed by atoms with van der Waals surface area (Å²) in [6.07, 6.45) is 1.68. The van der Waals surface area contributed by atoms with Gasteiger partial charge in [-0.3, -0.25) is 0 Å². The van der Waals surface area contributed by atoms with E-state index in [0.29, 0.717) is 12.3 Å². The normalized spacial score (nSPS) is 12.7. The third-order valence-corrected chi connectivity index (χ3v) is 2.79. The maximum atomic E-state index is 10.4. The number of carboxylic acid groups (broad SMARTS) is 1. The van der Waals surface area contributed by atoms with Crippen molar-refractivity contribution in [3.63, 3.8) is 0 Å². The summed E-state index contributed by atoms with van der Waals surface area (Å²) < 4.78 is 0. The van der Waals surface area contributed by atoms with Crippen molar-refractivity contribution >= 4 is 5.97 Å². The van der Waals surface area contributed by atoms with Gasteiger partial charge in [-0.2, -0.15) is 0 Å². The van der Waals surface area contributed by atoms with Gasteiger partial charge in [-0.1, -0.05) is 38.1 Å². The van der Waals surface area contributed by atoms with Crippen LogP contribution in [0.15, 0.2) is 24.3 Å². The summed E-state index contributed by atoms with van der Waals surface area (Å²) >= 11 is 0. The second kappa shape index (κ2) is 6.40. The van der Waals surface area contributed by atoms with Gasteiger partial charge in [-0.25, -0.2) is 0 Å². The molecule has 17 heavy (non-hydrogen) atoms. The highest BCUT2D eigenvalue weighted by atomic mass is 16.4. The van der Waals surface area contributed by atoms with Crippen LogP contribution in [0.4, 0.5) is 0 Å². The lowest BCUT2D eigenvalue weighted by molar-refractivity contribution is -0.428. The molecule has 1 aromatic rings. The Labute approximate surface area is 103 Å². The molecule has 0 aromatic heterocycles. The van der Waals surface area contributed by atoms with Crippen molar-refractivity contribution in [2.24, 2.45) is 5.92 Å². The van der Waals surface area contributed by atoms with Crippen LogP contribution >= 0.6 is 0 Å². The summed E-state index contributed by atoms with van der Waals surface area (Å²) in [4.78, 5) is 10.4. The first-order chi connectivity index (χ1) is 7.99. The summed E-state index contributed by atoms with van der Waals surface area (Å²) in [7, 11) is 0. The zero-order chi connectivity index (χ0) is 12.8. The number of rotatable bonds is 6. The molecule has 0 unspecified atom stereocenters. The van der Waals surface area contributed by atoms with E-state index >= 15 is 0 Å². The highest BCUT2D eigenvalue weighted by Crippen LogP contribution is 2.16. The lowest BCUT2D eigenvalue weighted by atomic mass is 9.98. The van der Waals surface area contributed by atoms with Gasteiger partial charge in [0.2, 0.25) is 0 Å². The van der Waals surface area contributed by atoms with Crippen molar-refractivity contribution in [3.8, 4) is 0 Å².